The molecule has 9 nitrogen and oxygen atoms in total. The fraction of sp³-hybridized carbons (Fsp3) is 0.200. The second-order valence-electron chi connectivity index (χ2n) is 8.34. The number of ether oxygens (including phenoxy) is 1. The van der Waals surface area contributed by atoms with Crippen molar-refractivity contribution in [1.29, 1.82) is 0 Å². The number of anilines is 4. The maximum Gasteiger partial charge on any atom is 0.332 e. The van der Waals surface area contributed by atoms with Gasteiger partial charge in [-0.3, -0.25) is 4.79 Å². The third-order valence-electron chi connectivity index (χ3n) is 6.20. The molecule has 0 unspecified atom stereocenters. The molecular weight excluding hydrogens is 483 g/mol. The van der Waals surface area contributed by atoms with Crippen LogP contribution in [-0.2, 0) is 11.3 Å². The van der Waals surface area contributed by atoms with Gasteiger partial charge < -0.3 is 20.3 Å². The van der Waals surface area contributed by atoms with Crippen molar-refractivity contribution in [2.24, 2.45) is 0 Å². The van der Waals surface area contributed by atoms with Gasteiger partial charge in [-0.1, -0.05) is 18.2 Å². The van der Waals surface area contributed by atoms with E-state index in [0.29, 0.717) is 51.1 Å². The van der Waals surface area contributed by atoms with E-state index >= 15 is 0 Å². The number of halogens is 1. The summed E-state index contributed by atoms with van der Waals surface area (Å²) in [6.45, 7) is 3.03. The number of carbonyl (C=O) groups is 2. The second kappa shape index (κ2) is 9.17. The normalized spacial score (nSPS) is 15.2. The summed E-state index contributed by atoms with van der Waals surface area (Å²) >= 11 is 1.15. The van der Waals surface area contributed by atoms with Crippen LogP contribution in [0.5, 0.6) is 0 Å². The summed E-state index contributed by atoms with van der Waals surface area (Å²) in [6, 6.07) is 13.5. The number of amides is 3. The van der Waals surface area contributed by atoms with Crippen molar-refractivity contribution in [2.75, 3.05) is 41.4 Å². The summed E-state index contributed by atoms with van der Waals surface area (Å²) in [5.74, 6) is -0.416. The molecule has 3 amide bonds. The number of nitrogens with zero attached hydrogens (tertiary/aromatic N) is 4. The monoisotopic (exact) mass is 504 g/mol. The number of carbonyl (C=O) groups excluding carboxylic acids is 2. The minimum atomic E-state index is -0.428. The Morgan fingerprint density at radius 2 is 1.83 bits per heavy atom. The molecule has 0 bridgehead atoms. The van der Waals surface area contributed by atoms with Crippen molar-refractivity contribution in [3.63, 3.8) is 0 Å². The first kappa shape index (κ1) is 22.4. The van der Waals surface area contributed by atoms with E-state index in [2.05, 4.69) is 25.5 Å². The van der Waals surface area contributed by atoms with Crippen LogP contribution in [-0.4, -0.2) is 48.2 Å². The van der Waals surface area contributed by atoms with Crippen LogP contribution in [0.25, 0.3) is 10.2 Å². The third kappa shape index (κ3) is 3.91. The average molecular weight is 505 g/mol. The topological polar surface area (TPSA) is 99.7 Å². The van der Waals surface area contributed by atoms with Gasteiger partial charge in [0, 0.05) is 30.9 Å². The molecule has 0 atom stereocenters. The zero-order chi connectivity index (χ0) is 24.6. The molecule has 182 valence electrons. The molecule has 0 saturated carbocycles. The van der Waals surface area contributed by atoms with E-state index in [1.54, 1.807) is 18.2 Å². The summed E-state index contributed by atoms with van der Waals surface area (Å²) in [5, 5.41) is 6.17. The Morgan fingerprint density at radius 3 is 2.61 bits per heavy atom. The second-order valence-corrected chi connectivity index (χ2v) is 9.34. The van der Waals surface area contributed by atoms with Crippen LogP contribution in [0.15, 0.2) is 54.9 Å². The van der Waals surface area contributed by atoms with Gasteiger partial charge in [0.15, 0.2) is 5.82 Å². The molecule has 2 aliphatic heterocycles. The molecular formula is C25H21FN6O3S. The summed E-state index contributed by atoms with van der Waals surface area (Å²) in [4.78, 5) is 39.5. The quantitative estimate of drug-likeness (QED) is 0.421. The number of aromatic nitrogens is 2. The summed E-state index contributed by atoms with van der Waals surface area (Å²) < 4.78 is 19.4. The minimum absolute atomic E-state index is 0.0211. The third-order valence-corrected chi connectivity index (χ3v) is 7.30. The summed E-state index contributed by atoms with van der Waals surface area (Å²) in [5.41, 5.74) is 2.43. The number of benzene rings is 2. The van der Waals surface area contributed by atoms with Gasteiger partial charge in [0.25, 0.3) is 5.91 Å². The van der Waals surface area contributed by atoms with Crippen LogP contribution >= 0.6 is 11.3 Å². The van der Waals surface area contributed by atoms with Gasteiger partial charge in [-0.25, -0.2) is 24.1 Å². The van der Waals surface area contributed by atoms with Crippen molar-refractivity contribution in [1.82, 2.24) is 15.3 Å². The molecule has 0 spiro atoms. The van der Waals surface area contributed by atoms with E-state index in [0.717, 1.165) is 30.1 Å². The van der Waals surface area contributed by atoms with Crippen LogP contribution < -0.4 is 20.4 Å². The van der Waals surface area contributed by atoms with Gasteiger partial charge in [-0.05, 0) is 30.3 Å². The number of rotatable bonds is 5. The van der Waals surface area contributed by atoms with Crippen molar-refractivity contribution in [3.05, 3.63) is 71.1 Å². The smallest absolute Gasteiger partial charge is 0.332 e. The van der Waals surface area contributed by atoms with Crippen LogP contribution in [0.2, 0.25) is 0 Å². The largest absolute Gasteiger partial charge is 0.378 e. The predicted octanol–water partition coefficient (Wildman–Crippen LogP) is 4.28. The average Bonchev–Trinajstić information content (AvgIpc) is 3.28. The van der Waals surface area contributed by atoms with Crippen LogP contribution in [0.4, 0.5) is 32.1 Å². The highest BCUT2D eigenvalue weighted by Gasteiger charge is 2.33. The Morgan fingerprint density at radius 1 is 1.08 bits per heavy atom. The maximum atomic E-state index is 14.0. The fourth-order valence-corrected chi connectivity index (χ4v) is 5.41. The lowest BCUT2D eigenvalue weighted by molar-refractivity contribution is 0.0955. The molecule has 2 aliphatic rings. The Bertz CT molecular complexity index is 1470. The van der Waals surface area contributed by atoms with Gasteiger partial charge in [-0.15, -0.1) is 11.3 Å². The highest BCUT2D eigenvalue weighted by atomic mass is 32.1. The van der Waals surface area contributed by atoms with Gasteiger partial charge in [0.1, 0.15) is 21.9 Å². The zero-order valence-corrected chi connectivity index (χ0v) is 19.8. The molecule has 1 fully saturated rings. The Labute approximate surface area is 209 Å². The van der Waals surface area contributed by atoms with Gasteiger partial charge >= 0.3 is 6.03 Å². The number of morpholine rings is 1. The Hall–Kier alpha value is -4.09. The number of nitrogens with one attached hydrogen (secondary N) is 2. The van der Waals surface area contributed by atoms with E-state index in [4.69, 9.17) is 4.74 Å². The van der Waals surface area contributed by atoms with Gasteiger partial charge in [0.2, 0.25) is 0 Å². The number of urea groups is 1. The van der Waals surface area contributed by atoms with E-state index in [-0.39, 0.29) is 6.54 Å². The Kier molecular flexibility index (Phi) is 5.70. The fourth-order valence-electron chi connectivity index (χ4n) is 4.40. The first-order chi connectivity index (χ1) is 17.6. The highest BCUT2D eigenvalue weighted by molar-refractivity contribution is 7.21. The van der Waals surface area contributed by atoms with E-state index in [9.17, 15) is 14.0 Å². The van der Waals surface area contributed by atoms with E-state index in [1.807, 2.05) is 24.3 Å². The lowest BCUT2D eigenvalue weighted by atomic mass is 10.1. The molecule has 0 aliphatic carbocycles. The molecule has 0 radical (unpaired) electrons. The molecule has 36 heavy (non-hydrogen) atoms. The van der Waals surface area contributed by atoms with Gasteiger partial charge in [-0.2, -0.15) is 0 Å². The lowest BCUT2D eigenvalue weighted by Gasteiger charge is -2.30. The first-order valence-electron chi connectivity index (χ1n) is 11.4. The first-order valence-corrected chi connectivity index (χ1v) is 12.2. The number of hydrogen-bond donors (Lipinski definition) is 2. The zero-order valence-electron chi connectivity index (χ0n) is 19.0. The Balaban J connectivity index is 1.31. The molecule has 1 saturated heterocycles. The molecule has 4 heterocycles. The molecule has 2 aromatic carbocycles. The van der Waals surface area contributed by atoms with Crippen molar-refractivity contribution in [3.8, 4) is 0 Å². The molecule has 2 N–H and O–H groups in total. The number of thiophene rings is 1. The highest BCUT2D eigenvalue weighted by Crippen LogP contribution is 2.44. The van der Waals surface area contributed by atoms with Gasteiger partial charge in [0.05, 0.1) is 30.0 Å². The SMILES string of the molecule is O=C(NCc1ccccc1F)c1sc2ncnc3c2c1NC(=O)N3c1ccc(N2CCOCC2)cc1. The summed E-state index contributed by atoms with van der Waals surface area (Å²) in [6.07, 6.45) is 1.38. The summed E-state index contributed by atoms with van der Waals surface area (Å²) in [7, 11) is 0. The molecule has 6 rings (SSSR count). The maximum absolute atomic E-state index is 14.0. The van der Waals surface area contributed by atoms with E-state index < -0.39 is 17.8 Å². The minimum Gasteiger partial charge on any atom is -0.378 e. The molecule has 2 aromatic heterocycles. The van der Waals surface area contributed by atoms with Crippen LogP contribution in [0, 0.1) is 5.82 Å². The molecule has 11 heteroatoms. The standard InChI is InChI=1S/C25H21FN6O3S/c26-18-4-2-1-3-15(18)13-27-23(33)21-20-19-22(28-14-29-24(19)36-21)32(25(34)30-20)17-7-5-16(6-8-17)31-9-11-35-12-10-31/h1-8,14H,9-13H2,(H,27,33)(H,30,34). The predicted molar refractivity (Wildman–Crippen MR) is 136 cm³/mol. The van der Waals surface area contributed by atoms with Crippen molar-refractivity contribution in [2.45, 2.75) is 6.54 Å². The number of hydrogen-bond acceptors (Lipinski definition) is 7. The van der Waals surface area contributed by atoms with E-state index in [1.165, 1.54) is 17.3 Å². The molecule has 4 aromatic rings. The van der Waals surface area contributed by atoms with Crippen LogP contribution in [0.3, 0.4) is 0 Å². The van der Waals surface area contributed by atoms with Crippen molar-refractivity contribution >= 4 is 56.4 Å². The van der Waals surface area contributed by atoms with Crippen LogP contribution in [0.1, 0.15) is 15.2 Å². The van der Waals surface area contributed by atoms with Crippen molar-refractivity contribution < 1.29 is 18.7 Å². The lowest BCUT2D eigenvalue weighted by Crippen LogP contribution is -2.36.